The second kappa shape index (κ2) is 9.09. The summed E-state index contributed by atoms with van der Waals surface area (Å²) < 4.78 is 27.2. The molecular formula is C23H30N2O3S. The maximum atomic E-state index is 12.8. The lowest BCUT2D eigenvalue weighted by atomic mass is 9.96. The number of carbonyl (C=O) groups excluding carboxylic acids is 1. The molecule has 1 N–H and O–H groups in total. The molecule has 0 aromatic heterocycles. The van der Waals surface area contributed by atoms with Crippen LogP contribution in [0.5, 0.6) is 0 Å². The number of sulfonamides is 1. The smallest absolute Gasteiger partial charge is 0.227 e. The van der Waals surface area contributed by atoms with E-state index in [0.717, 1.165) is 34.4 Å². The van der Waals surface area contributed by atoms with Crippen LogP contribution in [0.3, 0.4) is 0 Å². The number of carbonyl (C=O) groups is 1. The number of rotatable bonds is 6. The van der Waals surface area contributed by atoms with E-state index in [9.17, 15) is 13.2 Å². The fourth-order valence-corrected chi connectivity index (χ4v) is 5.55. The molecule has 1 fully saturated rings. The largest absolute Gasteiger partial charge is 0.325 e. The van der Waals surface area contributed by atoms with Gasteiger partial charge in [0.1, 0.15) is 0 Å². The molecule has 1 aliphatic rings. The molecule has 3 rings (SSSR count). The van der Waals surface area contributed by atoms with Gasteiger partial charge >= 0.3 is 0 Å². The predicted molar refractivity (Wildman–Crippen MR) is 117 cm³/mol. The standard InChI is InChI=1S/C23H30N2O3S/c1-4-19-11-7-9-18(3)22(19)24-23(26)20-12-14-25(15-13-20)29(27,28)16-21-10-6-5-8-17(21)2/h5-11,20H,4,12-16H2,1-3H3,(H,24,26). The Bertz CT molecular complexity index is 977. The number of benzene rings is 2. The van der Waals surface area contributed by atoms with Gasteiger partial charge in [0, 0.05) is 24.7 Å². The average Bonchev–Trinajstić information content (AvgIpc) is 2.71. The number of hydrogen-bond acceptors (Lipinski definition) is 3. The van der Waals surface area contributed by atoms with Crippen molar-refractivity contribution in [2.45, 2.75) is 45.8 Å². The molecule has 2 aromatic rings. The van der Waals surface area contributed by atoms with E-state index in [4.69, 9.17) is 0 Å². The molecule has 1 aliphatic heterocycles. The summed E-state index contributed by atoms with van der Waals surface area (Å²) >= 11 is 0. The van der Waals surface area contributed by atoms with E-state index in [1.165, 1.54) is 4.31 Å². The van der Waals surface area contributed by atoms with Crippen LogP contribution in [-0.2, 0) is 27.0 Å². The summed E-state index contributed by atoms with van der Waals surface area (Å²) in [6, 6.07) is 13.6. The summed E-state index contributed by atoms with van der Waals surface area (Å²) in [5.41, 5.74) is 4.89. The molecule has 0 spiro atoms. The monoisotopic (exact) mass is 414 g/mol. The molecule has 29 heavy (non-hydrogen) atoms. The lowest BCUT2D eigenvalue weighted by Gasteiger charge is -2.31. The summed E-state index contributed by atoms with van der Waals surface area (Å²) in [4.78, 5) is 12.8. The van der Waals surface area contributed by atoms with Gasteiger partial charge in [0.05, 0.1) is 5.75 Å². The number of piperidine rings is 1. The Balaban J connectivity index is 1.61. The fourth-order valence-electron chi connectivity index (χ4n) is 3.88. The number of hydrogen-bond donors (Lipinski definition) is 1. The Hall–Kier alpha value is -2.18. The van der Waals surface area contributed by atoms with Crippen LogP contribution in [0.15, 0.2) is 42.5 Å². The Morgan fingerprint density at radius 3 is 2.28 bits per heavy atom. The van der Waals surface area contributed by atoms with E-state index in [1.54, 1.807) is 0 Å². The van der Waals surface area contributed by atoms with Gasteiger partial charge < -0.3 is 5.32 Å². The molecule has 0 saturated carbocycles. The van der Waals surface area contributed by atoms with Crippen molar-refractivity contribution < 1.29 is 13.2 Å². The first kappa shape index (κ1) is 21.5. The zero-order valence-corrected chi connectivity index (χ0v) is 18.3. The number of nitrogens with one attached hydrogen (secondary N) is 1. The summed E-state index contributed by atoms with van der Waals surface area (Å²) in [6.07, 6.45) is 1.95. The van der Waals surface area contributed by atoms with E-state index in [-0.39, 0.29) is 17.6 Å². The van der Waals surface area contributed by atoms with Gasteiger partial charge in [-0.25, -0.2) is 12.7 Å². The minimum absolute atomic E-state index is 0.00930. The highest BCUT2D eigenvalue weighted by atomic mass is 32.2. The predicted octanol–water partition coefficient (Wildman–Crippen LogP) is 4.05. The molecule has 2 aromatic carbocycles. The molecule has 0 bridgehead atoms. The van der Waals surface area contributed by atoms with Gasteiger partial charge in [-0.2, -0.15) is 0 Å². The number of aryl methyl sites for hydroxylation is 3. The third-order valence-electron chi connectivity index (χ3n) is 5.81. The van der Waals surface area contributed by atoms with Crippen LogP contribution in [0.25, 0.3) is 0 Å². The fraction of sp³-hybridized carbons (Fsp3) is 0.435. The Kier molecular flexibility index (Phi) is 6.75. The molecule has 0 radical (unpaired) electrons. The Labute approximate surface area is 174 Å². The number of amides is 1. The minimum atomic E-state index is -3.38. The molecule has 0 aliphatic carbocycles. The highest BCUT2D eigenvalue weighted by Crippen LogP contribution is 2.26. The van der Waals surface area contributed by atoms with Crippen LogP contribution < -0.4 is 5.32 Å². The van der Waals surface area contributed by atoms with Crippen molar-refractivity contribution in [1.29, 1.82) is 0 Å². The Morgan fingerprint density at radius 1 is 1.00 bits per heavy atom. The first-order valence-corrected chi connectivity index (χ1v) is 11.8. The Morgan fingerprint density at radius 2 is 1.62 bits per heavy atom. The molecule has 6 heteroatoms. The molecule has 1 amide bonds. The number of anilines is 1. The molecule has 5 nitrogen and oxygen atoms in total. The zero-order chi connectivity index (χ0) is 21.0. The van der Waals surface area contributed by atoms with Crippen LogP contribution in [0, 0.1) is 19.8 Å². The molecule has 0 unspecified atom stereocenters. The molecule has 1 heterocycles. The van der Waals surface area contributed by atoms with Gasteiger partial charge in [-0.05, 0) is 55.4 Å². The van der Waals surface area contributed by atoms with Gasteiger partial charge in [0.25, 0.3) is 0 Å². The van der Waals surface area contributed by atoms with Gasteiger partial charge in [0.2, 0.25) is 15.9 Å². The normalized spacial score (nSPS) is 16.0. The summed E-state index contributed by atoms with van der Waals surface area (Å²) in [5.74, 6) is -0.159. The van der Waals surface area contributed by atoms with Gasteiger partial charge in [0.15, 0.2) is 0 Å². The van der Waals surface area contributed by atoms with Crippen molar-refractivity contribution in [2.75, 3.05) is 18.4 Å². The lowest BCUT2D eigenvalue weighted by molar-refractivity contribution is -0.120. The SMILES string of the molecule is CCc1cccc(C)c1NC(=O)C1CCN(S(=O)(=O)Cc2ccccc2C)CC1. The highest BCUT2D eigenvalue weighted by Gasteiger charge is 2.31. The zero-order valence-electron chi connectivity index (χ0n) is 17.4. The van der Waals surface area contributed by atoms with Crippen LogP contribution in [0.1, 0.15) is 42.0 Å². The van der Waals surface area contributed by atoms with Gasteiger partial charge in [-0.15, -0.1) is 0 Å². The van der Waals surface area contributed by atoms with Crippen LogP contribution in [-0.4, -0.2) is 31.7 Å². The van der Waals surface area contributed by atoms with E-state index in [1.807, 2.05) is 56.3 Å². The van der Waals surface area contributed by atoms with Crippen LogP contribution >= 0.6 is 0 Å². The first-order valence-electron chi connectivity index (χ1n) is 10.2. The minimum Gasteiger partial charge on any atom is -0.325 e. The second-order valence-electron chi connectivity index (χ2n) is 7.81. The number of para-hydroxylation sites is 1. The maximum absolute atomic E-state index is 12.8. The van der Waals surface area contributed by atoms with Crippen LogP contribution in [0.2, 0.25) is 0 Å². The van der Waals surface area contributed by atoms with E-state index in [0.29, 0.717) is 25.9 Å². The van der Waals surface area contributed by atoms with Crippen molar-refractivity contribution in [3.05, 3.63) is 64.7 Å². The van der Waals surface area contributed by atoms with Crippen molar-refractivity contribution >= 4 is 21.6 Å². The molecule has 1 saturated heterocycles. The van der Waals surface area contributed by atoms with Crippen molar-refractivity contribution in [3.63, 3.8) is 0 Å². The molecule has 0 atom stereocenters. The summed E-state index contributed by atoms with van der Waals surface area (Å²) in [6.45, 7) is 6.77. The van der Waals surface area contributed by atoms with Crippen molar-refractivity contribution in [1.82, 2.24) is 4.31 Å². The molecular weight excluding hydrogens is 384 g/mol. The number of nitrogens with zero attached hydrogens (tertiary/aromatic N) is 1. The lowest BCUT2D eigenvalue weighted by Crippen LogP contribution is -2.42. The summed E-state index contributed by atoms with van der Waals surface area (Å²) in [5, 5.41) is 3.09. The maximum Gasteiger partial charge on any atom is 0.227 e. The van der Waals surface area contributed by atoms with Gasteiger partial charge in [-0.3, -0.25) is 4.79 Å². The van der Waals surface area contributed by atoms with Gasteiger partial charge in [-0.1, -0.05) is 49.4 Å². The third kappa shape index (κ3) is 5.06. The quantitative estimate of drug-likeness (QED) is 0.776. The third-order valence-corrected chi connectivity index (χ3v) is 7.63. The van der Waals surface area contributed by atoms with E-state index >= 15 is 0 Å². The second-order valence-corrected chi connectivity index (χ2v) is 9.78. The highest BCUT2D eigenvalue weighted by molar-refractivity contribution is 7.88. The molecule has 156 valence electrons. The van der Waals surface area contributed by atoms with Crippen LogP contribution in [0.4, 0.5) is 5.69 Å². The van der Waals surface area contributed by atoms with Crippen molar-refractivity contribution in [2.24, 2.45) is 5.92 Å². The van der Waals surface area contributed by atoms with Crippen molar-refractivity contribution in [3.8, 4) is 0 Å². The van der Waals surface area contributed by atoms with E-state index < -0.39 is 10.0 Å². The first-order chi connectivity index (χ1) is 13.8. The average molecular weight is 415 g/mol. The topological polar surface area (TPSA) is 66.5 Å². The van der Waals surface area contributed by atoms with E-state index in [2.05, 4.69) is 12.2 Å². The summed E-state index contributed by atoms with van der Waals surface area (Å²) in [7, 11) is -3.38.